The Bertz CT molecular complexity index is 1490. The number of carbonyl (C=O) groups is 2. The van der Waals surface area contributed by atoms with Crippen molar-refractivity contribution in [3.8, 4) is 0 Å². The molecule has 0 N–H and O–H groups in total. The van der Waals surface area contributed by atoms with Crippen LogP contribution >= 0.6 is 11.6 Å². The van der Waals surface area contributed by atoms with Gasteiger partial charge in [-0.25, -0.2) is 14.4 Å². The summed E-state index contributed by atoms with van der Waals surface area (Å²) in [7, 11) is 1.37. The second-order valence-corrected chi connectivity index (χ2v) is 12.1. The SMILES string of the molecule is CCC1(CC)CN(c2ccc(Cl)c(F)c2)c2ccc(C(=O)N3CCN(c4ccc(CC(=O)OC)cn4)CC3(C)C)nc21. The number of nitrogens with zero attached hydrogens (tertiary/aromatic N) is 5. The van der Waals surface area contributed by atoms with Crippen molar-refractivity contribution in [3.63, 3.8) is 0 Å². The minimum Gasteiger partial charge on any atom is -0.469 e. The fraction of sp³-hybridized carbons (Fsp3) is 0.438. The molecule has 10 heteroatoms. The molecule has 2 aromatic heterocycles. The van der Waals surface area contributed by atoms with Gasteiger partial charge >= 0.3 is 5.97 Å². The Balaban J connectivity index is 1.38. The number of hydrogen-bond acceptors (Lipinski definition) is 7. The van der Waals surface area contributed by atoms with Crippen LogP contribution in [-0.4, -0.2) is 65.6 Å². The van der Waals surface area contributed by atoms with E-state index in [0.717, 1.165) is 35.6 Å². The maximum atomic E-state index is 14.4. The van der Waals surface area contributed by atoms with Gasteiger partial charge in [0.25, 0.3) is 5.91 Å². The average Bonchev–Trinajstić information content (AvgIpc) is 3.32. The predicted octanol–water partition coefficient (Wildman–Crippen LogP) is 5.94. The first kappa shape index (κ1) is 29.8. The molecule has 0 radical (unpaired) electrons. The Morgan fingerprint density at radius 3 is 2.43 bits per heavy atom. The van der Waals surface area contributed by atoms with Crippen molar-refractivity contribution in [1.29, 1.82) is 0 Å². The standard InChI is InChI=1S/C32H37ClFN5O3/c1-6-32(7-2)20-38(22-9-10-23(33)24(34)17-22)26-12-11-25(36-29(26)32)30(41)39-15-14-37(19-31(39,3)4)27-13-8-21(18-35-27)16-28(40)42-5/h8-13,17-18H,6-7,14-16,19-20H2,1-5H3. The predicted molar refractivity (Wildman–Crippen MR) is 162 cm³/mol. The van der Waals surface area contributed by atoms with Gasteiger partial charge in [-0.3, -0.25) is 9.59 Å². The number of benzene rings is 1. The Hall–Kier alpha value is -3.72. The lowest BCUT2D eigenvalue weighted by Crippen LogP contribution is -2.61. The summed E-state index contributed by atoms with van der Waals surface area (Å²) in [5, 5.41) is 0.0866. The molecular formula is C32H37ClFN5O3. The van der Waals surface area contributed by atoms with Crippen LogP contribution in [0.3, 0.4) is 0 Å². The average molecular weight is 594 g/mol. The van der Waals surface area contributed by atoms with Crippen LogP contribution in [0.2, 0.25) is 5.02 Å². The van der Waals surface area contributed by atoms with E-state index in [1.165, 1.54) is 13.2 Å². The molecule has 0 bridgehead atoms. The summed E-state index contributed by atoms with van der Waals surface area (Å²) in [5.74, 6) is -0.0795. The fourth-order valence-corrected chi connectivity index (χ4v) is 6.26. The number of amides is 1. The molecule has 0 atom stereocenters. The zero-order valence-corrected chi connectivity index (χ0v) is 25.5. The van der Waals surface area contributed by atoms with Crippen LogP contribution in [0.15, 0.2) is 48.7 Å². The minimum absolute atomic E-state index is 0.0866. The highest BCUT2D eigenvalue weighted by atomic mass is 35.5. The van der Waals surface area contributed by atoms with E-state index in [1.54, 1.807) is 18.3 Å². The number of anilines is 3. The van der Waals surface area contributed by atoms with Crippen LogP contribution in [0.1, 0.15) is 62.3 Å². The number of carbonyl (C=O) groups excluding carboxylic acids is 2. The van der Waals surface area contributed by atoms with Gasteiger partial charge in [-0.2, -0.15) is 0 Å². The number of hydrogen-bond donors (Lipinski definition) is 0. The third-order valence-electron chi connectivity index (χ3n) is 8.77. The van der Waals surface area contributed by atoms with E-state index >= 15 is 0 Å². The Kier molecular flexibility index (Phi) is 8.16. The van der Waals surface area contributed by atoms with Gasteiger partial charge in [0.05, 0.1) is 35.5 Å². The number of methoxy groups -OCH3 is 1. The zero-order valence-electron chi connectivity index (χ0n) is 24.8. The number of aromatic nitrogens is 2. The van der Waals surface area contributed by atoms with Crippen LogP contribution in [0.5, 0.6) is 0 Å². The fourth-order valence-electron chi connectivity index (χ4n) is 6.15. The lowest BCUT2D eigenvalue weighted by atomic mass is 9.80. The van der Waals surface area contributed by atoms with E-state index < -0.39 is 11.4 Å². The minimum atomic E-state index is -0.484. The van der Waals surface area contributed by atoms with Crippen LogP contribution < -0.4 is 9.80 Å². The van der Waals surface area contributed by atoms with Crippen molar-refractivity contribution in [2.24, 2.45) is 0 Å². The Morgan fingerprint density at radius 2 is 1.81 bits per heavy atom. The molecule has 0 aliphatic carbocycles. The molecule has 5 rings (SSSR count). The summed E-state index contributed by atoms with van der Waals surface area (Å²) >= 11 is 5.95. The number of rotatable bonds is 7. The second kappa shape index (κ2) is 11.5. The molecule has 1 aromatic carbocycles. The van der Waals surface area contributed by atoms with Crippen LogP contribution in [-0.2, 0) is 21.4 Å². The maximum absolute atomic E-state index is 14.4. The van der Waals surface area contributed by atoms with Crippen LogP contribution in [0, 0.1) is 5.82 Å². The van der Waals surface area contributed by atoms with E-state index in [9.17, 15) is 14.0 Å². The summed E-state index contributed by atoms with van der Waals surface area (Å²) in [6.45, 7) is 10.7. The van der Waals surface area contributed by atoms with E-state index in [0.29, 0.717) is 37.6 Å². The number of pyridine rings is 2. The molecule has 0 spiro atoms. The van der Waals surface area contributed by atoms with Crippen LogP contribution in [0.25, 0.3) is 0 Å². The van der Waals surface area contributed by atoms with Gasteiger partial charge in [0.15, 0.2) is 0 Å². The van der Waals surface area contributed by atoms with Gasteiger partial charge < -0.3 is 19.4 Å². The topological polar surface area (TPSA) is 78.9 Å². The van der Waals surface area contributed by atoms with E-state index in [-0.39, 0.29) is 28.7 Å². The summed E-state index contributed by atoms with van der Waals surface area (Å²) in [4.78, 5) is 41.2. The van der Waals surface area contributed by atoms with Crippen molar-refractivity contribution >= 4 is 40.7 Å². The molecule has 0 saturated carbocycles. The highest BCUT2D eigenvalue weighted by molar-refractivity contribution is 6.30. The number of ether oxygens (including phenoxy) is 1. The van der Waals surface area contributed by atoms with Crippen molar-refractivity contribution in [2.75, 3.05) is 43.1 Å². The maximum Gasteiger partial charge on any atom is 0.310 e. The smallest absolute Gasteiger partial charge is 0.310 e. The number of piperazine rings is 1. The number of halogens is 2. The molecule has 2 aliphatic rings. The van der Waals surface area contributed by atoms with Gasteiger partial charge in [-0.1, -0.05) is 31.5 Å². The Morgan fingerprint density at radius 1 is 1.05 bits per heavy atom. The lowest BCUT2D eigenvalue weighted by molar-refractivity contribution is -0.139. The molecule has 0 unspecified atom stereocenters. The van der Waals surface area contributed by atoms with Gasteiger partial charge in [-0.15, -0.1) is 0 Å². The molecule has 1 fully saturated rings. The van der Waals surface area contributed by atoms with E-state index in [1.807, 2.05) is 29.2 Å². The summed E-state index contributed by atoms with van der Waals surface area (Å²) in [6, 6.07) is 12.4. The lowest BCUT2D eigenvalue weighted by Gasteiger charge is -2.47. The molecule has 2 aliphatic heterocycles. The first-order valence-electron chi connectivity index (χ1n) is 14.3. The summed E-state index contributed by atoms with van der Waals surface area (Å²) in [5.41, 5.74) is 2.94. The van der Waals surface area contributed by atoms with Gasteiger partial charge in [0.1, 0.15) is 17.3 Å². The molecule has 3 aromatic rings. The molecule has 4 heterocycles. The molecule has 8 nitrogen and oxygen atoms in total. The van der Waals surface area contributed by atoms with Crippen molar-refractivity contribution in [3.05, 3.63) is 76.5 Å². The zero-order chi connectivity index (χ0) is 30.2. The van der Waals surface area contributed by atoms with Crippen molar-refractivity contribution < 1.29 is 18.7 Å². The third kappa shape index (κ3) is 5.42. The largest absolute Gasteiger partial charge is 0.469 e. The molecular weight excluding hydrogens is 557 g/mol. The molecule has 42 heavy (non-hydrogen) atoms. The monoisotopic (exact) mass is 593 g/mol. The third-order valence-corrected chi connectivity index (χ3v) is 9.08. The molecule has 1 amide bonds. The van der Waals surface area contributed by atoms with Gasteiger partial charge in [0, 0.05) is 43.5 Å². The Labute approximate surface area is 251 Å². The molecule has 1 saturated heterocycles. The van der Waals surface area contributed by atoms with Gasteiger partial charge in [0.2, 0.25) is 0 Å². The second-order valence-electron chi connectivity index (χ2n) is 11.7. The van der Waals surface area contributed by atoms with Crippen LogP contribution in [0.4, 0.5) is 21.6 Å². The van der Waals surface area contributed by atoms with E-state index in [2.05, 4.69) is 42.5 Å². The molecule has 222 valence electrons. The highest BCUT2D eigenvalue weighted by Crippen LogP contribution is 2.47. The summed E-state index contributed by atoms with van der Waals surface area (Å²) in [6.07, 6.45) is 3.55. The van der Waals surface area contributed by atoms with Crippen molar-refractivity contribution in [1.82, 2.24) is 14.9 Å². The van der Waals surface area contributed by atoms with Crippen molar-refractivity contribution in [2.45, 2.75) is 57.9 Å². The number of fused-ring (bicyclic) bond motifs is 1. The quantitative estimate of drug-likeness (QED) is 0.314. The normalized spacial score (nSPS) is 17.3. The van der Waals surface area contributed by atoms with Gasteiger partial charge in [-0.05, 0) is 68.7 Å². The first-order valence-corrected chi connectivity index (χ1v) is 14.7. The van der Waals surface area contributed by atoms with E-state index in [4.69, 9.17) is 21.3 Å². The summed E-state index contributed by atoms with van der Waals surface area (Å²) < 4.78 is 19.1. The highest BCUT2D eigenvalue weighted by Gasteiger charge is 2.44. The first-order chi connectivity index (χ1) is 20.0. The number of esters is 1.